The zero-order chi connectivity index (χ0) is 98.0. The van der Waals surface area contributed by atoms with Crippen LogP contribution in [0.4, 0.5) is 0 Å². The number of aromatic nitrogens is 12. The molecule has 4 aromatic rings. The fourth-order valence-electron chi connectivity index (χ4n) is 13.5. The van der Waals surface area contributed by atoms with Crippen LogP contribution in [-0.4, -0.2) is 90.3 Å². The van der Waals surface area contributed by atoms with Crippen molar-refractivity contribution in [1.29, 1.82) is 0 Å². The molecule has 4 heterocycles. The molecule has 738 valence electrons. The average Bonchev–Trinajstić information content (AvgIpc) is 1.77. The highest BCUT2D eigenvalue weighted by Crippen LogP contribution is 2.30. The Morgan fingerprint density at radius 2 is 0.570 bits per heavy atom. The SMILES string of the molecule is C=C(CCCCCCCCCCC(C)(C)C)C(C)(C)C.CC(C)(C)C#CCCCCCCn1cc(CC(C)(C)C)nn1.CC(C)(C)C#CCCCCCn1cc(CC(C)(C)C)nn1.CC(C)(C)C#CCCCCn1cc(CC(C)(C)C)nn1.CC(C)(C)CC(=O)NCCCCCCCCCCC(=O)C(C)(C)C.CC(C)(C)Cc1cn(CCCCCCNC(C)(C)C)nn1. The van der Waals surface area contributed by atoms with E-state index in [4.69, 9.17) is 0 Å². The van der Waals surface area contributed by atoms with Gasteiger partial charge in [0.2, 0.25) is 5.91 Å². The monoisotopic (exact) mass is 1780 g/mol. The molecule has 0 aliphatic heterocycles. The smallest absolute Gasteiger partial charge is 0.220 e. The number of carbonyl (C=O) groups excluding carboxylic acids is 2. The zero-order valence-corrected chi connectivity index (χ0v) is 91.2. The van der Waals surface area contributed by atoms with E-state index >= 15 is 0 Å². The summed E-state index contributed by atoms with van der Waals surface area (Å²) < 4.78 is 7.91. The molecule has 0 spiro atoms. The summed E-state index contributed by atoms with van der Waals surface area (Å²) in [6, 6.07) is 0. The van der Waals surface area contributed by atoms with Crippen molar-refractivity contribution in [2.75, 3.05) is 13.1 Å². The van der Waals surface area contributed by atoms with Crippen LogP contribution in [0.2, 0.25) is 0 Å². The maximum atomic E-state index is 11.8. The van der Waals surface area contributed by atoms with E-state index in [2.05, 4.69) is 347 Å². The molecule has 0 fully saturated rings. The summed E-state index contributed by atoms with van der Waals surface area (Å²) in [4.78, 5) is 23.5. The van der Waals surface area contributed by atoms with E-state index in [1.54, 1.807) is 0 Å². The van der Waals surface area contributed by atoms with Gasteiger partial charge >= 0.3 is 0 Å². The third-order valence-electron chi connectivity index (χ3n) is 20.5. The molecule has 0 saturated heterocycles. The van der Waals surface area contributed by atoms with Gasteiger partial charge in [-0.25, -0.2) is 0 Å². The Kier molecular flexibility index (Phi) is 62.1. The van der Waals surface area contributed by atoms with Gasteiger partial charge in [-0.2, -0.15) is 0 Å². The van der Waals surface area contributed by atoms with Crippen molar-refractivity contribution in [2.45, 2.75) is 538 Å². The first-order chi connectivity index (χ1) is 58.8. The predicted molar refractivity (Wildman–Crippen MR) is 553 cm³/mol. The van der Waals surface area contributed by atoms with E-state index < -0.39 is 0 Å². The number of allylic oxidation sites excluding steroid dienone is 1. The van der Waals surface area contributed by atoms with E-state index in [9.17, 15) is 9.59 Å². The Morgan fingerprint density at radius 3 is 0.859 bits per heavy atom. The molecule has 0 aromatic carbocycles. The first-order valence-corrected chi connectivity index (χ1v) is 51.1. The first-order valence-electron chi connectivity index (χ1n) is 51.1. The molecule has 16 heteroatoms. The van der Waals surface area contributed by atoms with Gasteiger partial charge in [0.25, 0.3) is 0 Å². The van der Waals surface area contributed by atoms with Crippen LogP contribution in [-0.2, 0) is 61.5 Å². The molecule has 2 N–H and O–H groups in total. The highest BCUT2D eigenvalue weighted by atomic mass is 16.1. The van der Waals surface area contributed by atoms with Gasteiger partial charge in [-0.1, -0.05) is 333 Å². The lowest BCUT2D eigenvalue weighted by Crippen LogP contribution is -2.36. The Balaban J connectivity index is 0. The molecule has 1 amide bonds. The predicted octanol–water partition coefficient (Wildman–Crippen LogP) is 30.4. The molecular formula is C112H208N14O2. The number of aryl methyl sites for hydroxylation is 4. The van der Waals surface area contributed by atoms with Gasteiger partial charge in [0.05, 0.1) is 22.8 Å². The number of hydrogen-bond acceptors (Lipinski definition) is 11. The highest BCUT2D eigenvalue weighted by molar-refractivity contribution is 5.83. The molecule has 0 saturated carbocycles. The number of ketones is 1. The number of nitrogens with zero attached hydrogens (tertiary/aromatic N) is 12. The molecule has 16 nitrogen and oxygen atoms in total. The fourth-order valence-corrected chi connectivity index (χ4v) is 13.5. The minimum absolute atomic E-state index is 0.0710. The molecule has 4 aromatic heterocycles. The zero-order valence-electron chi connectivity index (χ0n) is 91.2. The lowest BCUT2D eigenvalue weighted by atomic mass is 9.84. The number of amides is 1. The number of hydrogen-bond donors (Lipinski definition) is 2. The standard InChI is InChI=1S/C21H41NO2.C20H40.C19H33N3.C18H31N3.C17H34N4.C17H29N3/c1-20(2,3)17-19(24)22-16-14-12-10-8-7-9-11-13-15-18(23)21(4,5)6;1-18(20(5,6)7)16-14-12-10-8-9-11-13-15-17-19(2,3)4;1-18(2,3)13-11-9-7-8-10-12-14-22-16-17(20-21-22)15-19(4,5)6;1-17(2,3)12-10-8-7-9-11-13-21-15-16(19-20-21)14-18(4,5)6;1-16(2,3)13-15-14-21(20-19-15)12-10-8-7-9-11-18-17(4,5)6;1-16(2,3)11-9-7-8-10-12-20-14-15(18-19-20)13-17(4,5)6/h7-17H2,1-6H3,(H,22,24);1,8-17H2,2-7H3;16H,7-10,12,14-15H2,1-6H3;15H,7-9,11,13-14H2,1-6H3;14,18H,7-13H2,1-6H3;14H,7-8,10,12-13H2,1-6H3. The summed E-state index contributed by atoms with van der Waals surface area (Å²) >= 11 is 0. The second-order valence-electron chi connectivity index (χ2n) is 50.6. The lowest BCUT2D eigenvalue weighted by molar-refractivity contribution is -0.126. The van der Waals surface area contributed by atoms with Crippen molar-refractivity contribution in [3.8, 4) is 35.5 Å². The van der Waals surface area contributed by atoms with Gasteiger partial charge < -0.3 is 10.6 Å². The van der Waals surface area contributed by atoms with E-state index in [1.807, 2.05) is 39.5 Å². The second-order valence-corrected chi connectivity index (χ2v) is 50.6. The van der Waals surface area contributed by atoms with Crippen molar-refractivity contribution in [2.24, 2.45) is 59.6 Å². The van der Waals surface area contributed by atoms with Gasteiger partial charge in [0, 0.05) is 117 Å². The third kappa shape index (κ3) is 88.0. The molecule has 128 heavy (non-hydrogen) atoms. The molecule has 4 rings (SSSR count). The largest absolute Gasteiger partial charge is 0.356 e. The topological polar surface area (TPSA) is 181 Å². The van der Waals surface area contributed by atoms with Crippen LogP contribution in [0.1, 0.15) is 503 Å². The van der Waals surface area contributed by atoms with Gasteiger partial charge in [0.1, 0.15) is 5.78 Å². The van der Waals surface area contributed by atoms with Crippen LogP contribution in [0.5, 0.6) is 0 Å². The molecule has 0 radical (unpaired) electrons. The van der Waals surface area contributed by atoms with E-state index in [0.29, 0.717) is 23.0 Å². The number of nitrogens with one attached hydrogen (secondary N) is 2. The summed E-state index contributed by atoms with van der Waals surface area (Å²) in [5.41, 5.74) is 8.24. The Morgan fingerprint density at radius 1 is 0.305 bits per heavy atom. The van der Waals surface area contributed by atoms with Gasteiger partial charge in [-0.05, 0) is 237 Å². The van der Waals surface area contributed by atoms with Crippen LogP contribution >= 0.6 is 0 Å². The highest BCUT2D eigenvalue weighted by Gasteiger charge is 2.23. The van der Waals surface area contributed by atoms with Crippen LogP contribution in [0, 0.1) is 95.1 Å². The second kappa shape index (κ2) is 64.1. The first kappa shape index (κ1) is 124. The van der Waals surface area contributed by atoms with Crippen LogP contribution < -0.4 is 10.6 Å². The maximum absolute atomic E-state index is 11.8. The van der Waals surface area contributed by atoms with E-state index in [1.165, 1.54) is 173 Å². The summed E-state index contributed by atoms with van der Waals surface area (Å²) in [5.74, 6) is 20.2. The van der Waals surface area contributed by atoms with Crippen molar-refractivity contribution in [3.05, 3.63) is 59.7 Å². The van der Waals surface area contributed by atoms with E-state index in [0.717, 1.165) is 146 Å². The van der Waals surface area contributed by atoms with Crippen molar-refractivity contribution < 1.29 is 9.59 Å². The van der Waals surface area contributed by atoms with Crippen LogP contribution in [0.15, 0.2) is 36.9 Å². The maximum Gasteiger partial charge on any atom is 0.220 e. The summed E-state index contributed by atoms with van der Waals surface area (Å²) in [6.45, 7) is 88.9. The lowest BCUT2D eigenvalue weighted by Gasteiger charge is -2.21. The molecule has 0 unspecified atom stereocenters. The molecule has 0 atom stereocenters. The Labute approximate surface area is 792 Å². The van der Waals surface area contributed by atoms with Crippen LogP contribution in [0.25, 0.3) is 0 Å². The molecule has 0 bridgehead atoms. The Bertz CT molecular complexity index is 3680. The normalized spacial score (nSPS) is 12.3. The Hall–Kier alpha value is -5.92. The van der Waals surface area contributed by atoms with Gasteiger partial charge in [-0.15, -0.1) is 38.2 Å². The fraction of sp³-hybridized carbons (Fsp3) is 0.839. The van der Waals surface area contributed by atoms with Gasteiger partial charge in [0.15, 0.2) is 0 Å². The number of carbonyl (C=O) groups is 2. The molecule has 0 aliphatic rings. The number of unbranched alkanes of at least 4 members (excludes halogenated alkanes) is 26. The van der Waals surface area contributed by atoms with Crippen molar-refractivity contribution in [1.82, 2.24) is 70.6 Å². The van der Waals surface area contributed by atoms with Crippen molar-refractivity contribution in [3.63, 3.8) is 0 Å². The average molecular weight is 1780 g/mol. The summed E-state index contributed by atoms with van der Waals surface area (Å²) in [6.07, 6.45) is 55.6. The number of Topliss-reactive ketones (excluding diaryl/α,β-unsaturated/α-hetero) is 1. The minimum atomic E-state index is -0.178. The van der Waals surface area contributed by atoms with E-state index in [-0.39, 0.29) is 60.2 Å². The van der Waals surface area contributed by atoms with Gasteiger partial charge in [-0.3, -0.25) is 28.3 Å². The molecular weight excluding hydrogens is 1570 g/mol. The third-order valence-corrected chi connectivity index (χ3v) is 20.5. The summed E-state index contributed by atoms with van der Waals surface area (Å²) in [5, 5.41) is 40.4. The van der Waals surface area contributed by atoms with Crippen molar-refractivity contribution >= 4 is 11.7 Å². The quantitative estimate of drug-likeness (QED) is 0.0244. The van der Waals surface area contributed by atoms with Crippen LogP contribution in [0.3, 0.4) is 0 Å². The summed E-state index contributed by atoms with van der Waals surface area (Å²) in [7, 11) is 0. The number of rotatable bonds is 48. The minimum Gasteiger partial charge on any atom is -0.356 e. The molecule has 0 aliphatic carbocycles.